The second-order valence-electron chi connectivity index (χ2n) is 9.44. The van der Waals surface area contributed by atoms with Crippen molar-refractivity contribution in [2.75, 3.05) is 0 Å². The summed E-state index contributed by atoms with van der Waals surface area (Å²) < 4.78 is 11.3. The van der Waals surface area contributed by atoms with Gasteiger partial charge in [-0.2, -0.15) is 0 Å². The first-order valence-corrected chi connectivity index (χ1v) is 10.2. The Bertz CT molecular complexity index is 833. The molecule has 3 rings (SSSR count). The molecule has 2 aliphatic carbocycles. The number of benzene rings is 1. The molecule has 0 radical (unpaired) electrons. The van der Waals surface area contributed by atoms with Crippen LogP contribution >= 0.6 is 0 Å². The first-order valence-electron chi connectivity index (χ1n) is 10.2. The van der Waals surface area contributed by atoms with Crippen molar-refractivity contribution in [2.24, 2.45) is 11.3 Å². The average molecular weight is 385 g/mol. The molecule has 0 bridgehead atoms. The Morgan fingerprint density at radius 3 is 2.36 bits per heavy atom. The summed E-state index contributed by atoms with van der Waals surface area (Å²) in [4.78, 5) is 23.3. The summed E-state index contributed by atoms with van der Waals surface area (Å²) in [6.07, 6.45) is 6.10. The fraction of sp³-hybridized carbons (Fsp3) is 0.583. The summed E-state index contributed by atoms with van der Waals surface area (Å²) in [7, 11) is 0. The van der Waals surface area contributed by atoms with Crippen LogP contribution in [0.15, 0.2) is 18.2 Å². The summed E-state index contributed by atoms with van der Waals surface area (Å²) in [5, 5.41) is 0. The lowest BCUT2D eigenvalue weighted by atomic mass is 9.51. The lowest BCUT2D eigenvalue weighted by molar-refractivity contribution is -0.160. The molecule has 152 valence electrons. The van der Waals surface area contributed by atoms with Gasteiger partial charge in [0.1, 0.15) is 11.9 Å². The van der Waals surface area contributed by atoms with Crippen LogP contribution in [0.4, 0.5) is 0 Å². The van der Waals surface area contributed by atoms with Gasteiger partial charge in [0.05, 0.1) is 0 Å². The predicted octanol–water partition coefficient (Wildman–Crippen LogP) is 5.39. The highest BCUT2D eigenvalue weighted by atomic mass is 16.5. The first-order chi connectivity index (χ1) is 13.0. The lowest BCUT2D eigenvalue weighted by Gasteiger charge is -2.55. The number of ether oxygens (including phenoxy) is 2. The van der Waals surface area contributed by atoms with Crippen molar-refractivity contribution < 1.29 is 19.1 Å². The van der Waals surface area contributed by atoms with Gasteiger partial charge < -0.3 is 9.47 Å². The summed E-state index contributed by atoms with van der Waals surface area (Å²) in [5.74, 6) is 0.626. The quantitative estimate of drug-likeness (QED) is 0.518. The van der Waals surface area contributed by atoms with E-state index in [4.69, 9.17) is 9.47 Å². The molecule has 2 aliphatic rings. The van der Waals surface area contributed by atoms with Crippen LogP contribution in [0, 0.1) is 11.3 Å². The van der Waals surface area contributed by atoms with Crippen LogP contribution in [0.1, 0.15) is 83.9 Å². The standard InChI is InChI=1S/C24H32O4/c1-14(2)18-12-17-8-9-21-23(5,6)22(28-16(4)26)10-11-24(21,7)19(17)13-20(18)27-15(3)25/h8-9,12-14,21-22H,10-11H2,1-7H3/t21-,22-,24+/m0/s1. The Balaban J connectivity index is 2.10. The van der Waals surface area contributed by atoms with E-state index >= 15 is 0 Å². The zero-order valence-corrected chi connectivity index (χ0v) is 18.1. The molecule has 0 aliphatic heterocycles. The molecular weight excluding hydrogens is 352 g/mol. The normalized spacial score (nSPS) is 27.7. The molecule has 1 aromatic carbocycles. The molecular formula is C24H32O4. The van der Waals surface area contributed by atoms with Gasteiger partial charge in [-0.3, -0.25) is 9.59 Å². The van der Waals surface area contributed by atoms with Crippen LogP contribution in [-0.2, 0) is 19.7 Å². The third-order valence-electron chi connectivity index (χ3n) is 6.69. The second-order valence-corrected chi connectivity index (χ2v) is 9.44. The SMILES string of the molecule is CC(=O)Oc1cc2c(cc1C(C)C)C=C[C@H]1C(C)(C)[C@@H](OC(C)=O)CC[C@]21C. The van der Waals surface area contributed by atoms with Gasteiger partial charge in [-0.25, -0.2) is 0 Å². The van der Waals surface area contributed by atoms with Gasteiger partial charge in [0, 0.05) is 24.7 Å². The maximum atomic E-state index is 11.7. The summed E-state index contributed by atoms with van der Waals surface area (Å²) in [6, 6.07) is 4.24. The van der Waals surface area contributed by atoms with E-state index < -0.39 is 0 Å². The maximum absolute atomic E-state index is 11.7. The third-order valence-corrected chi connectivity index (χ3v) is 6.69. The molecule has 4 nitrogen and oxygen atoms in total. The van der Waals surface area contributed by atoms with Crippen LogP contribution in [0.3, 0.4) is 0 Å². The average Bonchev–Trinajstić information content (AvgIpc) is 2.56. The first kappa shape index (κ1) is 20.6. The van der Waals surface area contributed by atoms with E-state index in [2.05, 4.69) is 58.9 Å². The third kappa shape index (κ3) is 3.38. The number of allylic oxidation sites excluding steroid dienone is 1. The van der Waals surface area contributed by atoms with Crippen LogP contribution in [0.5, 0.6) is 5.75 Å². The van der Waals surface area contributed by atoms with E-state index in [-0.39, 0.29) is 40.7 Å². The van der Waals surface area contributed by atoms with Gasteiger partial charge in [0.2, 0.25) is 0 Å². The number of carbonyl (C=O) groups is 2. The van der Waals surface area contributed by atoms with Crippen LogP contribution in [0.2, 0.25) is 0 Å². The highest BCUT2D eigenvalue weighted by molar-refractivity contribution is 5.72. The minimum Gasteiger partial charge on any atom is -0.462 e. The van der Waals surface area contributed by atoms with E-state index in [0.29, 0.717) is 5.75 Å². The number of fused-ring (bicyclic) bond motifs is 3. The van der Waals surface area contributed by atoms with Crippen molar-refractivity contribution in [3.05, 3.63) is 34.9 Å². The highest BCUT2D eigenvalue weighted by Gasteiger charge is 2.53. The fourth-order valence-electron chi connectivity index (χ4n) is 5.29. The zero-order valence-electron chi connectivity index (χ0n) is 18.1. The summed E-state index contributed by atoms with van der Waals surface area (Å²) in [5.41, 5.74) is 3.17. The topological polar surface area (TPSA) is 52.6 Å². The van der Waals surface area contributed by atoms with Gasteiger partial charge in [-0.05, 0) is 53.5 Å². The molecule has 0 saturated heterocycles. The fourth-order valence-corrected chi connectivity index (χ4v) is 5.29. The predicted molar refractivity (Wildman–Crippen MR) is 110 cm³/mol. The summed E-state index contributed by atoms with van der Waals surface area (Å²) >= 11 is 0. The molecule has 0 amide bonds. The number of esters is 2. The van der Waals surface area contributed by atoms with E-state index in [1.165, 1.54) is 25.0 Å². The zero-order chi connectivity index (χ0) is 20.9. The Kier molecular flexibility index (Phi) is 5.20. The Hall–Kier alpha value is -2.10. The molecule has 3 atom stereocenters. The van der Waals surface area contributed by atoms with Crippen LogP contribution < -0.4 is 4.74 Å². The molecule has 1 aromatic rings. The van der Waals surface area contributed by atoms with Crippen LogP contribution in [-0.4, -0.2) is 18.0 Å². The molecule has 0 unspecified atom stereocenters. The minimum atomic E-state index is -0.297. The van der Waals surface area contributed by atoms with Crippen molar-refractivity contribution in [2.45, 2.75) is 78.7 Å². The van der Waals surface area contributed by atoms with Crippen molar-refractivity contribution in [3.63, 3.8) is 0 Å². The number of rotatable bonds is 3. The van der Waals surface area contributed by atoms with E-state index in [9.17, 15) is 9.59 Å². The van der Waals surface area contributed by atoms with E-state index in [1.807, 2.05) is 0 Å². The van der Waals surface area contributed by atoms with Crippen LogP contribution in [0.25, 0.3) is 6.08 Å². The van der Waals surface area contributed by atoms with Gasteiger partial charge >= 0.3 is 11.9 Å². The van der Waals surface area contributed by atoms with Crippen molar-refractivity contribution in [1.29, 1.82) is 0 Å². The molecule has 1 fully saturated rings. The number of carbonyl (C=O) groups excluding carboxylic acids is 2. The molecule has 0 spiro atoms. The highest BCUT2D eigenvalue weighted by Crippen LogP contribution is 2.57. The molecule has 0 N–H and O–H groups in total. The molecule has 28 heavy (non-hydrogen) atoms. The Labute approximate surface area is 168 Å². The monoisotopic (exact) mass is 384 g/mol. The molecule has 0 aromatic heterocycles. The Morgan fingerprint density at radius 1 is 1.11 bits per heavy atom. The Morgan fingerprint density at radius 2 is 1.79 bits per heavy atom. The summed E-state index contributed by atoms with van der Waals surface area (Å²) in [6.45, 7) is 13.8. The van der Waals surface area contributed by atoms with Gasteiger partial charge in [-0.1, -0.05) is 46.8 Å². The lowest BCUT2D eigenvalue weighted by Crippen LogP contribution is -2.53. The second kappa shape index (κ2) is 7.06. The maximum Gasteiger partial charge on any atom is 0.308 e. The van der Waals surface area contributed by atoms with Crippen molar-refractivity contribution in [1.82, 2.24) is 0 Å². The van der Waals surface area contributed by atoms with Gasteiger partial charge in [0.25, 0.3) is 0 Å². The molecule has 1 saturated carbocycles. The molecule has 4 heteroatoms. The molecule has 0 heterocycles. The minimum absolute atomic E-state index is 0.0999. The largest absolute Gasteiger partial charge is 0.462 e. The van der Waals surface area contributed by atoms with Crippen molar-refractivity contribution in [3.8, 4) is 5.75 Å². The van der Waals surface area contributed by atoms with E-state index in [1.54, 1.807) is 0 Å². The number of hydrogen-bond acceptors (Lipinski definition) is 4. The number of hydrogen-bond donors (Lipinski definition) is 0. The van der Waals surface area contributed by atoms with Gasteiger partial charge in [0.15, 0.2) is 0 Å². The van der Waals surface area contributed by atoms with E-state index in [0.717, 1.165) is 18.4 Å². The van der Waals surface area contributed by atoms with Gasteiger partial charge in [-0.15, -0.1) is 0 Å². The van der Waals surface area contributed by atoms with Crippen molar-refractivity contribution >= 4 is 18.0 Å². The smallest absolute Gasteiger partial charge is 0.308 e.